The van der Waals surface area contributed by atoms with E-state index in [4.69, 9.17) is 4.84 Å². The summed E-state index contributed by atoms with van der Waals surface area (Å²) in [6, 6.07) is 27.4. The minimum atomic E-state index is -0.556. The van der Waals surface area contributed by atoms with E-state index in [0.29, 0.717) is 28.3 Å². The second kappa shape index (κ2) is 14.1. The van der Waals surface area contributed by atoms with Gasteiger partial charge in [0.2, 0.25) is 0 Å². The van der Waals surface area contributed by atoms with E-state index >= 15 is 0 Å². The highest BCUT2D eigenvalue weighted by atomic mass is 16.7. The van der Waals surface area contributed by atoms with Crippen LogP contribution >= 0.6 is 0 Å². The first-order valence-electron chi connectivity index (χ1n) is 17.3. The lowest BCUT2D eigenvalue weighted by Crippen LogP contribution is -2.11. The zero-order chi connectivity index (χ0) is 34.8. The number of phenols is 1. The van der Waals surface area contributed by atoms with E-state index in [1.165, 1.54) is 13.3 Å². The van der Waals surface area contributed by atoms with Gasteiger partial charge in [-0.05, 0) is 80.0 Å². The molecule has 1 N–H and O–H groups in total. The maximum Gasteiger partial charge on any atom is 0.332 e. The Kier molecular flexibility index (Phi) is 9.68. The maximum atomic E-state index is 14.6. The molecule has 250 valence electrons. The van der Waals surface area contributed by atoms with Crippen LogP contribution in [0.2, 0.25) is 0 Å². The molecule has 1 atom stereocenters. The highest BCUT2D eigenvalue weighted by Gasteiger charge is 2.24. The van der Waals surface area contributed by atoms with Crippen molar-refractivity contribution in [3.63, 3.8) is 0 Å². The molecule has 0 spiro atoms. The minimum Gasteiger partial charge on any atom is -0.507 e. The Hall–Kier alpha value is -5.23. The van der Waals surface area contributed by atoms with Crippen molar-refractivity contribution in [2.24, 2.45) is 11.1 Å². The van der Waals surface area contributed by atoms with E-state index in [1.54, 1.807) is 18.2 Å². The van der Waals surface area contributed by atoms with Gasteiger partial charge in [0.05, 0.1) is 5.52 Å². The first kappa shape index (κ1) is 33.7. The van der Waals surface area contributed by atoms with Crippen molar-refractivity contribution in [1.29, 1.82) is 0 Å². The molecule has 6 nitrogen and oxygen atoms in total. The van der Waals surface area contributed by atoms with Crippen LogP contribution in [0.5, 0.6) is 5.75 Å². The van der Waals surface area contributed by atoms with Crippen LogP contribution in [0.1, 0.15) is 90.2 Å². The van der Waals surface area contributed by atoms with Crippen LogP contribution < -0.4 is 0 Å². The van der Waals surface area contributed by atoms with Crippen LogP contribution in [-0.4, -0.2) is 27.1 Å². The highest BCUT2D eigenvalue weighted by molar-refractivity contribution is 6.27. The average Bonchev–Trinajstić information content (AvgIpc) is 3.38. The van der Waals surface area contributed by atoms with E-state index in [0.717, 1.165) is 80.6 Å². The van der Waals surface area contributed by atoms with Crippen molar-refractivity contribution in [2.45, 2.75) is 73.8 Å². The largest absolute Gasteiger partial charge is 0.507 e. The number of hydrogen-bond acceptors (Lipinski definition) is 5. The van der Waals surface area contributed by atoms with E-state index < -0.39 is 5.97 Å². The number of para-hydroxylation sites is 1. The highest BCUT2D eigenvalue weighted by Crippen LogP contribution is 2.39. The monoisotopic (exact) mass is 652 g/mol. The summed E-state index contributed by atoms with van der Waals surface area (Å²) >= 11 is 0. The average molecular weight is 653 g/mol. The van der Waals surface area contributed by atoms with Gasteiger partial charge in [-0.3, -0.25) is 4.79 Å². The van der Waals surface area contributed by atoms with Gasteiger partial charge in [-0.25, -0.2) is 4.79 Å². The molecule has 0 aliphatic rings. The summed E-state index contributed by atoms with van der Waals surface area (Å²) in [6.45, 7) is 12.7. The van der Waals surface area contributed by atoms with E-state index in [-0.39, 0.29) is 11.5 Å². The Morgan fingerprint density at radius 1 is 0.816 bits per heavy atom. The number of carbonyl (C=O) groups excluding carboxylic acids is 2. The fraction of sp³-hybridized carbons (Fsp3) is 0.279. The second-order valence-corrected chi connectivity index (χ2v) is 13.3. The van der Waals surface area contributed by atoms with E-state index in [1.807, 2.05) is 44.2 Å². The molecular formula is C43H44N2O4. The number of oxime groups is 1. The van der Waals surface area contributed by atoms with Crippen LogP contribution in [0.3, 0.4) is 0 Å². The van der Waals surface area contributed by atoms with E-state index in [9.17, 15) is 14.7 Å². The number of nitrogens with zero attached hydrogens (tertiary/aromatic N) is 2. The molecule has 1 aromatic heterocycles. The minimum absolute atomic E-state index is 0.00542. The second-order valence-electron chi connectivity index (χ2n) is 13.3. The predicted octanol–water partition coefficient (Wildman–Crippen LogP) is 10.3. The quantitative estimate of drug-likeness (QED) is 0.0654. The summed E-state index contributed by atoms with van der Waals surface area (Å²) in [5.41, 5.74) is 8.07. The van der Waals surface area contributed by atoms with Crippen LogP contribution in [0.25, 0.3) is 32.6 Å². The first-order valence-corrected chi connectivity index (χ1v) is 17.3. The Morgan fingerprint density at radius 2 is 1.51 bits per heavy atom. The third-order valence-electron chi connectivity index (χ3n) is 9.69. The fourth-order valence-corrected chi connectivity index (χ4v) is 7.38. The summed E-state index contributed by atoms with van der Waals surface area (Å²) in [5.74, 6) is -0.0375. The molecule has 6 rings (SSSR count). The normalized spacial score (nSPS) is 12.6. The smallest absolute Gasteiger partial charge is 0.332 e. The fourth-order valence-electron chi connectivity index (χ4n) is 7.38. The van der Waals surface area contributed by atoms with Crippen molar-refractivity contribution in [3.8, 4) is 5.75 Å². The Bertz CT molecular complexity index is 2240. The molecule has 0 aliphatic heterocycles. The number of hydrogen-bond donors (Lipinski definition) is 1. The summed E-state index contributed by atoms with van der Waals surface area (Å²) in [5, 5.41) is 18.9. The van der Waals surface area contributed by atoms with Gasteiger partial charge in [0.1, 0.15) is 11.5 Å². The molecule has 0 amide bonds. The van der Waals surface area contributed by atoms with Crippen LogP contribution in [0, 0.1) is 26.7 Å². The van der Waals surface area contributed by atoms with Crippen LogP contribution in [0.4, 0.5) is 0 Å². The van der Waals surface area contributed by atoms with Gasteiger partial charge in [-0.15, -0.1) is 0 Å². The number of aromatic nitrogens is 1. The Morgan fingerprint density at radius 3 is 2.18 bits per heavy atom. The maximum absolute atomic E-state index is 14.6. The number of phenolic OH excluding ortho intramolecular Hbond substituents is 1. The molecule has 0 bridgehead atoms. The molecular weight excluding hydrogens is 608 g/mol. The Balaban J connectivity index is 1.68. The molecule has 0 fully saturated rings. The summed E-state index contributed by atoms with van der Waals surface area (Å²) in [4.78, 5) is 31.6. The molecule has 5 aromatic carbocycles. The van der Waals surface area contributed by atoms with Gasteiger partial charge < -0.3 is 14.5 Å². The molecule has 0 saturated carbocycles. The topological polar surface area (TPSA) is 80.9 Å². The van der Waals surface area contributed by atoms with Gasteiger partial charge in [0, 0.05) is 57.4 Å². The summed E-state index contributed by atoms with van der Waals surface area (Å²) in [6.07, 6.45) is 4.52. The number of aromatic hydroxyl groups is 1. The standard InChI is InChI=1S/C43H44N2O4/c1-7-9-14-30(8-2)25-45-38-20-19-31(41(44-49-29(6)46)34-17-12-13-18-39(34)47)23-35(38)36-24-37(32-15-10-11-16-33(32)42(36)45)43(48)40-27(4)21-26(3)22-28(40)5/h10-13,15-24,30,47H,7-9,14,25H2,1-6H3. The van der Waals surface area contributed by atoms with Gasteiger partial charge in [-0.2, -0.15) is 0 Å². The molecule has 0 saturated heterocycles. The third kappa shape index (κ3) is 6.48. The molecule has 6 aromatic rings. The van der Waals surface area contributed by atoms with Crippen LogP contribution in [0.15, 0.2) is 90.1 Å². The lowest BCUT2D eigenvalue weighted by atomic mass is 9.89. The lowest BCUT2D eigenvalue weighted by Gasteiger charge is -2.19. The molecule has 49 heavy (non-hydrogen) atoms. The van der Waals surface area contributed by atoms with Gasteiger partial charge in [0.15, 0.2) is 5.78 Å². The van der Waals surface area contributed by atoms with Crippen molar-refractivity contribution in [3.05, 3.63) is 124 Å². The van der Waals surface area contributed by atoms with Crippen molar-refractivity contribution >= 4 is 50.0 Å². The molecule has 0 aliphatic carbocycles. The first-order chi connectivity index (χ1) is 23.6. The number of carbonyl (C=O) groups is 2. The number of aryl methyl sites for hydroxylation is 3. The summed E-state index contributed by atoms with van der Waals surface area (Å²) < 4.78 is 2.43. The zero-order valence-electron chi connectivity index (χ0n) is 29.3. The van der Waals surface area contributed by atoms with Crippen molar-refractivity contribution < 1.29 is 19.5 Å². The summed E-state index contributed by atoms with van der Waals surface area (Å²) in [7, 11) is 0. The van der Waals surface area contributed by atoms with Gasteiger partial charge in [0.25, 0.3) is 0 Å². The van der Waals surface area contributed by atoms with Crippen molar-refractivity contribution in [1.82, 2.24) is 4.57 Å². The van der Waals surface area contributed by atoms with Gasteiger partial charge >= 0.3 is 5.97 Å². The number of unbranched alkanes of at least 4 members (excludes halogenated alkanes) is 1. The number of ketones is 1. The zero-order valence-corrected chi connectivity index (χ0v) is 29.3. The molecule has 1 heterocycles. The molecule has 6 heteroatoms. The number of rotatable bonds is 11. The van der Waals surface area contributed by atoms with Gasteiger partial charge in [-0.1, -0.05) is 98.4 Å². The molecule has 0 radical (unpaired) electrons. The van der Waals surface area contributed by atoms with E-state index in [2.05, 4.69) is 66.9 Å². The Labute approximate surface area is 288 Å². The van der Waals surface area contributed by atoms with Crippen LogP contribution in [-0.2, 0) is 16.2 Å². The number of fused-ring (bicyclic) bond motifs is 5. The number of benzene rings is 5. The SMILES string of the molecule is CCCCC(CC)Cn1c2ccc(C(=NOC(C)=O)c3ccccc3O)cc2c2cc(C(=O)c3c(C)cc(C)cc3C)c3ccccc3c21. The molecule has 1 unspecified atom stereocenters. The third-order valence-corrected chi connectivity index (χ3v) is 9.69. The lowest BCUT2D eigenvalue weighted by molar-refractivity contribution is -0.140. The predicted molar refractivity (Wildman–Crippen MR) is 200 cm³/mol. The van der Waals surface area contributed by atoms with Crippen molar-refractivity contribution in [2.75, 3.05) is 0 Å².